The van der Waals surface area contributed by atoms with Crippen molar-refractivity contribution in [1.82, 2.24) is 10.2 Å². The van der Waals surface area contributed by atoms with E-state index in [4.69, 9.17) is 4.74 Å². The average Bonchev–Trinajstić information content (AvgIpc) is 3.79. The molecule has 41 heavy (non-hydrogen) atoms. The molecule has 2 atom stereocenters. The number of ether oxygens (including phenoxy) is 1. The summed E-state index contributed by atoms with van der Waals surface area (Å²) >= 11 is 0. The van der Waals surface area contributed by atoms with Crippen LogP contribution in [0, 0.1) is 5.92 Å². The van der Waals surface area contributed by atoms with E-state index in [0.717, 1.165) is 39.8 Å². The van der Waals surface area contributed by atoms with Gasteiger partial charge >= 0.3 is 12.1 Å². The van der Waals surface area contributed by atoms with Gasteiger partial charge in [0.15, 0.2) is 0 Å². The van der Waals surface area contributed by atoms with Gasteiger partial charge in [-0.1, -0.05) is 54.6 Å². The molecular formula is C32H31F3N2O4. The van der Waals surface area contributed by atoms with Crippen molar-refractivity contribution in [3.05, 3.63) is 94.5 Å². The summed E-state index contributed by atoms with van der Waals surface area (Å²) in [5, 5.41) is 3.04. The Balaban J connectivity index is 1.39. The quantitative estimate of drug-likeness (QED) is 0.352. The van der Waals surface area contributed by atoms with Crippen LogP contribution in [0.25, 0.3) is 11.1 Å². The van der Waals surface area contributed by atoms with Crippen LogP contribution >= 0.6 is 0 Å². The van der Waals surface area contributed by atoms with Crippen LogP contribution in [0.1, 0.15) is 57.8 Å². The summed E-state index contributed by atoms with van der Waals surface area (Å²) < 4.78 is 43.2. The molecule has 3 aromatic rings. The first-order valence-corrected chi connectivity index (χ1v) is 13.6. The summed E-state index contributed by atoms with van der Waals surface area (Å²) in [6.45, 7) is 0.675. The minimum Gasteiger partial charge on any atom is -0.465 e. The highest BCUT2D eigenvalue weighted by atomic mass is 19.4. The lowest BCUT2D eigenvalue weighted by atomic mass is 9.87. The van der Waals surface area contributed by atoms with Gasteiger partial charge in [-0.05, 0) is 64.3 Å². The third-order valence-corrected chi connectivity index (χ3v) is 7.89. The fraction of sp³-hybridized carbons (Fsp3) is 0.344. The Kier molecular flexibility index (Phi) is 8.15. The molecule has 1 saturated carbocycles. The van der Waals surface area contributed by atoms with Gasteiger partial charge in [-0.15, -0.1) is 0 Å². The highest BCUT2D eigenvalue weighted by Gasteiger charge is 2.43. The van der Waals surface area contributed by atoms with E-state index in [0.29, 0.717) is 12.0 Å². The molecule has 1 fully saturated rings. The lowest BCUT2D eigenvalue weighted by Crippen LogP contribution is -2.37. The lowest BCUT2D eigenvalue weighted by molar-refractivity contribution is -0.149. The molecule has 2 aliphatic rings. The Morgan fingerprint density at radius 1 is 1.00 bits per heavy atom. The van der Waals surface area contributed by atoms with Gasteiger partial charge in [0.2, 0.25) is 11.8 Å². The number of hydrogen-bond donors (Lipinski definition) is 1. The number of halogens is 3. The molecule has 2 amide bonds. The summed E-state index contributed by atoms with van der Waals surface area (Å²) in [4.78, 5) is 39.3. The second kappa shape index (κ2) is 11.8. The molecule has 1 heterocycles. The van der Waals surface area contributed by atoms with Gasteiger partial charge in [0.25, 0.3) is 0 Å². The Labute approximate surface area is 236 Å². The van der Waals surface area contributed by atoms with E-state index in [1.54, 1.807) is 18.2 Å². The van der Waals surface area contributed by atoms with Crippen LogP contribution in [-0.4, -0.2) is 42.5 Å². The molecule has 9 heteroatoms. The van der Waals surface area contributed by atoms with E-state index in [-0.39, 0.29) is 37.4 Å². The first-order valence-electron chi connectivity index (χ1n) is 13.6. The second-order valence-corrected chi connectivity index (χ2v) is 10.6. The molecule has 0 unspecified atom stereocenters. The number of nitrogens with zero attached hydrogens (tertiary/aromatic N) is 1. The molecule has 0 saturated heterocycles. The zero-order valence-electron chi connectivity index (χ0n) is 22.7. The number of benzene rings is 3. The standard InChI is InChI=1S/C32H31F3N2O4/c1-41-31(40)22-9-5-8-21(16-22)24-11-10-23(18-36-30(39)27-17-26(27)20-6-3-2-4-7-20)28-19-37(15-13-25(24)28)29(38)12-14-32(33,34)35/h2-11,16,26-27H,12-15,17-19H2,1H3,(H,36,39)/t26-,27-/m1/s1. The maximum absolute atomic E-state index is 13.0. The summed E-state index contributed by atoms with van der Waals surface area (Å²) in [5.74, 6) is -0.971. The molecule has 0 aromatic heterocycles. The molecule has 6 nitrogen and oxygen atoms in total. The van der Waals surface area contributed by atoms with E-state index in [9.17, 15) is 27.6 Å². The van der Waals surface area contributed by atoms with Crippen LogP contribution in [0.5, 0.6) is 0 Å². The van der Waals surface area contributed by atoms with Crippen molar-refractivity contribution >= 4 is 17.8 Å². The zero-order chi connectivity index (χ0) is 29.1. The molecule has 3 aromatic carbocycles. The zero-order valence-corrected chi connectivity index (χ0v) is 22.7. The number of carbonyl (C=O) groups excluding carboxylic acids is 3. The summed E-state index contributed by atoms with van der Waals surface area (Å²) in [6, 6.07) is 20.7. The van der Waals surface area contributed by atoms with E-state index >= 15 is 0 Å². The van der Waals surface area contributed by atoms with Crippen molar-refractivity contribution in [2.45, 2.75) is 50.9 Å². The summed E-state index contributed by atoms with van der Waals surface area (Å²) in [6.07, 6.45) is -4.95. The van der Waals surface area contributed by atoms with Gasteiger partial charge < -0.3 is 15.0 Å². The third kappa shape index (κ3) is 6.61. The van der Waals surface area contributed by atoms with Gasteiger partial charge in [-0.3, -0.25) is 9.59 Å². The monoisotopic (exact) mass is 564 g/mol. The van der Waals surface area contributed by atoms with Crippen LogP contribution in [0.2, 0.25) is 0 Å². The highest BCUT2D eigenvalue weighted by molar-refractivity contribution is 5.91. The first kappa shape index (κ1) is 28.4. The number of carbonyl (C=O) groups is 3. The van der Waals surface area contributed by atoms with Crippen molar-refractivity contribution in [3.8, 4) is 11.1 Å². The average molecular weight is 565 g/mol. The second-order valence-electron chi connectivity index (χ2n) is 10.6. The smallest absolute Gasteiger partial charge is 0.389 e. The normalized spacial score (nSPS) is 17.9. The Morgan fingerprint density at radius 2 is 1.78 bits per heavy atom. The maximum atomic E-state index is 13.0. The van der Waals surface area contributed by atoms with Crippen LogP contribution in [0.15, 0.2) is 66.7 Å². The number of nitrogens with one attached hydrogen (secondary N) is 1. The molecule has 0 radical (unpaired) electrons. The van der Waals surface area contributed by atoms with Gasteiger partial charge in [-0.2, -0.15) is 13.2 Å². The van der Waals surface area contributed by atoms with Gasteiger partial charge in [0.1, 0.15) is 0 Å². The van der Waals surface area contributed by atoms with Crippen molar-refractivity contribution in [2.24, 2.45) is 5.92 Å². The predicted octanol–water partition coefficient (Wildman–Crippen LogP) is 5.79. The van der Waals surface area contributed by atoms with Gasteiger partial charge in [-0.25, -0.2) is 4.79 Å². The van der Waals surface area contributed by atoms with E-state index in [1.807, 2.05) is 48.5 Å². The van der Waals surface area contributed by atoms with E-state index in [1.165, 1.54) is 12.0 Å². The molecule has 1 aliphatic carbocycles. The molecular weight excluding hydrogens is 533 g/mol. The number of amides is 2. The Morgan fingerprint density at radius 3 is 2.51 bits per heavy atom. The van der Waals surface area contributed by atoms with Crippen molar-refractivity contribution in [2.75, 3.05) is 13.7 Å². The Bertz CT molecular complexity index is 1460. The van der Waals surface area contributed by atoms with E-state index in [2.05, 4.69) is 5.32 Å². The van der Waals surface area contributed by atoms with Crippen LogP contribution in [-0.2, 0) is 33.8 Å². The molecule has 0 spiro atoms. The van der Waals surface area contributed by atoms with Crippen molar-refractivity contribution in [1.29, 1.82) is 0 Å². The van der Waals surface area contributed by atoms with E-state index < -0.39 is 30.9 Å². The van der Waals surface area contributed by atoms with Crippen molar-refractivity contribution in [3.63, 3.8) is 0 Å². The number of methoxy groups -OCH3 is 1. The fourth-order valence-corrected chi connectivity index (χ4v) is 5.59. The molecule has 0 bridgehead atoms. The minimum atomic E-state index is -4.41. The number of esters is 1. The topological polar surface area (TPSA) is 75.7 Å². The lowest BCUT2D eigenvalue weighted by Gasteiger charge is -2.32. The SMILES string of the molecule is COC(=O)c1cccc(-c2ccc(CNC(=O)[C@@H]3C[C@@H]3c3ccccc3)c3c2CCN(C(=O)CCC(F)(F)F)C3)c1. The molecule has 1 N–H and O–H groups in total. The number of hydrogen-bond acceptors (Lipinski definition) is 4. The number of alkyl halides is 3. The van der Waals surface area contributed by atoms with Crippen LogP contribution in [0.3, 0.4) is 0 Å². The first-order chi connectivity index (χ1) is 19.6. The molecule has 1 aliphatic heterocycles. The van der Waals surface area contributed by atoms with Gasteiger partial charge in [0.05, 0.1) is 19.1 Å². The number of rotatable bonds is 8. The molecule has 5 rings (SSSR count). The fourth-order valence-electron chi connectivity index (χ4n) is 5.59. The summed E-state index contributed by atoms with van der Waals surface area (Å²) in [7, 11) is 1.31. The van der Waals surface area contributed by atoms with Crippen LogP contribution < -0.4 is 5.32 Å². The summed E-state index contributed by atoms with van der Waals surface area (Å²) in [5.41, 5.74) is 5.77. The molecule has 214 valence electrons. The minimum absolute atomic E-state index is 0.0450. The predicted molar refractivity (Wildman–Crippen MR) is 147 cm³/mol. The van der Waals surface area contributed by atoms with Gasteiger partial charge in [0, 0.05) is 32.0 Å². The maximum Gasteiger partial charge on any atom is 0.389 e. The highest BCUT2D eigenvalue weighted by Crippen LogP contribution is 2.47. The Hall–Kier alpha value is -4.14. The van der Waals surface area contributed by atoms with Crippen LogP contribution in [0.4, 0.5) is 13.2 Å². The largest absolute Gasteiger partial charge is 0.465 e. The third-order valence-electron chi connectivity index (χ3n) is 7.89. The number of fused-ring (bicyclic) bond motifs is 1. The van der Waals surface area contributed by atoms with Crippen molar-refractivity contribution < 1.29 is 32.3 Å².